The van der Waals surface area contributed by atoms with Crippen molar-refractivity contribution in [3.05, 3.63) is 65.5 Å². The maximum Gasteiger partial charge on any atom is 0.234 e. The van der Waals surface area contributed by atoms with Gasteiger partial charge in [-0.2, -0.15) is 0 Å². The number of rotatable bonds is 7. The molecule has 0 bridgehead atoms. The molecule has 1 amide bonds. The fourth-order valence-corrected chi connectivity index (χ4v) is 3.18. The van der Waals surface area contributed by atoms with Gasteiger partial charge in [-0.15, -0.1) is 10.2 Å². The molecular formula is C19H21N5O2S. The molecule has 27 heavy (non-hydrogen) atoms. The molecule has 140 valence electrons. The number of nitrogens with zero attached hydrogens (tertiary/aromatic N) is 3. The van der Waals surface area contributed by atoms with Crippen molar-refractivity contribution in [2.75, 3.05) is 24.0 Å². The van der Waals surface area contributed by atoms with Crippen molar-refractivity contribution in [2.24, 2.45) is 0 Å². The number of hydrogen-bond donors (Lipinski definition) is 2. The van der Waals surface area contributed by atoms with Crippen LogP contribution in [0.25, 0.3) is 0 Å². The van der Waals surface area contributed by atoms with Crippen LogP contribution in [0.5, 0.6) is 5.75 Å². The Bertz CT molecular complexity index is 924. The third kappa shape index (κ3) is 5.01. The van der Waals surface area contributed by atoms with Gasteiger partial charge in [-0.3, -0.25) is 4.79 Å². The van der Waals surface area contributed by atoms with E-state index in [0.717, 1.165) is 22.6 Å². The lowest BCUT2D eigenvalue weighted by Gasteiger charge is -2.06. The molecule has 7 nitrogen and oxygen atoms in total. The minimum absolute atomic E-state index is 0.120. The van der Waals surface area contributed by atoms with Crippen LogP contribution in [0.3, 0.4) is 0 Å². The molecule has 0 saturated heterocycles. The van der Waals surface area contributed by atoms with Crippen LogP contribution >= 0.6 is 11.8 Å². The summed E-state index contributed by atoms with van der Waals surface area (Å²) in [4.78, 5) is 12.1. The van der Waals surface area contributed by atoms with Gasteiger partial charge in [-0.05, 0) is 42.3 Å². The van der Waals surface area contributed by atoms with Crippen molar-refractivity contribution in [3.63, 3.8) is 0 Å². The maximum absolute atomic E-state index is 12.1. The molecule has 0 aliphatic heterocycles. The highest BCUT2D eigenvalue weighted by Crippen LogP contribution is 2.18. The van der Waals surface area contributed by atoms with E-state index >= 15 is 0 Å². The monoisotopic (exact) mass is 383 g/mol. The first-order valence-electron chi connectivity index (χ1n) is 8.37. The molecule has 3 N–H and O–H groups in total. The van der Waals surface area contributed by atoms with Gasteiger partial charge in [0.1, 0.15) is 5.75 Å². The van der Waals surface area contributed by atoms with Crippen molar-refractivity contribution < 1.29 is 9.53 Å². The number of benzene rings is 2. The molecule has 0 spiro atoms. The number of aromatic nitrogens is 3. The Morgan fingerprint density at radius 1 is 1.22 bits per heavy atom. The third-order valence-corrected chi connectivity index (χ3v) is 4.83. The number of ether oxygens (including phenoxy) is 1. The fraction of sp³-hybridized carbons (Fsp3) is 0.211. The van der Waals surface area contributed by atoms with E-state index in [9.17, 15) is 4.79 Å². The lowest BCUT2D eigenvalue weighted by atomic mass is 10.1. The summed E-state index contributed by atoms with van der Waals surface area (Å²) in [5.74, 6) is 7.58. The van der Waals surface area contributed by atoms with Gasteiger partial charge in [-0.25, -0.2) is 4.68 Å². The van der Waals surface area contributed by atoms with Crippen molar-refractivity contribution in [3.8, 4) is 5.75 Å². The fourth-order valence-electron chi connectivity index (χ4n) is 2.50. The number of hydrogen-bond acceptors (Lipinski definition) is 6. The standard InChI is InChI=1S/C19H21N5O2S/c1-13-4-3-5-15(10-13)21-18(25)12-27-19-23-22-17(24(19)20)11-14-6-8-16(26-2)9-7-14/h3-10H,11-12,20H2,1-2H3,(H,21,25). The van der Waals surface area contributed by atoms with Gasteiger partial charge >= 0.3 is 0 Å². The van der Waals surface area contributed by atoms with Gasteiger partial charge in [0.05, 0.1) is 12.9 Å². The molecule has 1 heterocycles. The van der Waals surface area contributed by atoms with Gasteiger partial charge < -0.3 is 15.9 Å². The zero-order valence-corrected chi connectivity index (χ0v) is 16.0. The number of nitrogen functional groups attached to an aromatic ring is 1. The number of carbonyl (C=O) groups excluding carboxylic acids is 1. The number of anilines is 1. The molecule has 1 aromatic heterocycles. The van der Waals surface area contributed by atoms with Gasteiger partial charge in [0, 0.05) is 12.1 Å². The molecule has 0 unspecified atom stereocenters. The van der Waals surface area contributed by atoms with Crippen molar-refractivity contribution in [1.29, 1.82) is 0 Å². The molecule has 3 aromatic rings. The molecule has 0 saturated carbocycles. The highest BCUT2D eigenvalue weighted by atomic mass is 32.2. The van der Waals surface area contributed by atoms with E-state index in [1.807, 2.05) is 55.5 Å². The van der Waals surface area contributed by atoms with Gasteiger partial charge in [0.15, 0.2) is 5.82 Å². The average Bonchev–Trinajstić information content (AvgIpc) is 3.00. The van der Waals surface area contributed by atoms with E-state index in [2.05, 4.69) is 15.5 Å². The molecule has 0 aliphatic rings. The van der Waals surface area contributed by atoms with Crippen molar-refractivity contribution in [1.82, 2.24) is 14.9 Å². The Balaban J connectivity index is 1.57. The summed E-state index contributed by atoms with van der Waals surface area (Å²) in [6.45, 7) is 1.98. The first kappa shape index (κ1) is 18.8. The number of thioether (sulfide) groups is 1. The molecule has 0 radical (unpaired) electrons. The van der Waals surface area contributed by atoms with E-state index in [-0.39, 0.29) is 11.7 Å². The van der Waals surface area contributed by atoms with E-state index in [4.69, 9.17) is 10.6 Å². The smallest absolute Gasteiger partial charge is 0.234 e. The molecule has 2 aromatic carbocycles. The van der Waals surface area contributed by atoms with Crippen LogP contribution in [-0.2, 0) is 11.2 Å². The Kier molecular flexibility index (Phi) is 5.97. The lowest BCUT2D eigenvalue weighted by molar-refractivity contribution is -0.113. The molecule has 3 rings (SSSR count). The number of carbonyl (C=O) groups is 1. The number of nitrogens with two attached hydrogens (primary N) is 1. The summed E-state index contributed by atoms with van der Waals surface area (Å²) in [5.41, 5.74) is 2.91. The van der Waals surface area contributed by atoms with Crippen LogP contribution in [0.15, 0.2) is 53.7 Å². The Morgan fingerprint density at radius 3 is 2.70 bits per heavy atom. The van der Waals surface area contributed by atoms with Crippen LogP contribution in [0.2, 0.25) is 0 Å². The van der Waals surface area contributed by atoms with Crippen LogP contribution < -0.4 is 15.9 Å². The van der Waals surface area contributed by atoms with E-state index in [1.165, 1.54) is 16.4 Å². The highest BCUT2D eigenvalue weighted by molar-refractivity contribution is 7.99. The van der Waals surface area contributed by atoms with Crippen LogP contribution in [-0.4, -0.2) is 33.6 Å². The third-order valence-electron chi connectivity index (χ3n) is 3.89. The van der Waals surface area contributed by atoms with Gasteiger partial charge in [0.2, 0.25) is 11.1 Å². The van der Waals surface area contributed by atoms with Gasteiger partial charge in [-0.1, -0.05) is 36.0 Å². The van der Waals surface area contributed by atoms with E-state index in [1.54, 1.807) is 7.11 Å². The zero-order chi connectivity index (χ0) is 19.2. The minimum Gasteiger partial charge on any atom is -0.497 e. The molecule has 0 atom stereocenters. The summed E-state index contributed by atoms with van der Waals surface area (Å²) >= 11 is 1.25. The summed E-state index contributed by atoms with van der Waals surface area (Å²) in [7, 11) is 1.63. The normalized spacial score (nSPS) is 10.6. The molecule has 8 heteroatoms. The summed E-state index contributed by atoms with van der Waals surface area (Å²) < 4.78 is 6.58. The highest BCUT2D eigenvalue weighted by Gasteiger charge is 2.13. The number of aryl methyl sites for hydroxylation is 1. The number of methoxy groups -OCH3 is 1. The second-order valence-electron chi connectivity index (χ2n) is 6.00. The molecule has 0 fully saturated rings. The van der Waals surface area contributed by atoms with E-state index in [0.29, 0.717) is 17.4 Å². The predicted molar refractivity (Wildman–Crippen MR) is 107 cm³/mol. The Labute approximate surface area is 161 Å². The second-order valence-corrected chi connectivity index (χ2v) is 6.94. The molecular weight excluding hydrogens is 362 g/mol. The topological polar surface area (TPSA) is 95.1 Å². The van der Waals surface area contributed by atoms with Crippen LogP contribution in [0.4, 0.5) is 5.69 Å². The first-order chi connectivity index (χ1) is 13.0. The Morgan fingerprint density at radius 2 is 2.00 bits per heavy atom. The number of nitrogens with one attached hydrogen (secondary N) is 1. The summed E-state index contributed by atoms with van der Waals surface area (Å²) in [6.07, 6.45) is 0.545. The van der Waals surface area contributed by atoms with Crippen LogP contribution in [0, 0.1) is 6.92 Å². The lowest BCUT2D eigenvalue weighted by Crippen LogP contribution is -2.17. The maximum atomic E-state index is 12.1. The number of amides is 1. The zero-order valence-electron chi connectivity index (χ0n) is 15.2. The van der Waals surface area contributed by atoms with Crippen LogP contribution in [0.1, 0.15) is 17.0 Å². The average molecular weight is 383 g/mol. The molecule has 0 aliphatic carbocycles. The van der Waals surface area contributed by atoms with E-state index < -0.39 is 0 Å². The Hall–Kier alpha value is -3.00. The summed E-state index contributed by atoms with van der Waals surface area (Å²) in [5, 5.41) is 11.6. The predicted octanol–water partition coefficient (Wildman–Crippen LogP) is 2.63. The largest absolute Gasteiger partial charge is 0.497 e. The summed E-state index contributed by atoms with van der Waals surface area (Å²) in [6, 6.07) is 15.3. The van der Waals surface area contributed by atoms with Crippen molar-refractivity contribution in [2.45, 2.75) is 18.5 Å². The quantitative estimate of drug-likeness (QED) is 0.481. The first-order valence-corrected chi connectivity index (χ1v) is 9.35. The SMILES string of the molecule is COc1ccc(Cc2nnc(SCC(=O)Nc3cccc(C)c3)n2N)cc1. The van der Waals surface area contributed by atoms with Crippen molar-refractivity contribution >= 4 is 23.4 Å². The van der Waals surface area contributed by atoms with Gasteiger partial charge in [0.25, 0.3) is 0 Å². The minimum atomic E-state index is -0.120. The second kappa shape index (κ2) is 8.59.